The van der Waals surface area contributed by atoms with Gasteiger partial charge in [-0.15, -0.1) is 0 Å². The number of halogens is 4. The van der Waals surface area contributed by atoms with Crippen molar-refractivity contribution in [2.45, 2.75) is 19.5 Å². The van der Waals surface area contributed by atoms with E-state index in [2.05, 4.69) is 16.1 Å². The molecular formula is C7H8F4O3. The van der Waals surface area contributed by atoms with Crippen LogP contribution in [0, 0.1) is 0 Å². The van der Waals surface area contributed by atoms with Crippen LogP contribution in [-0.4, -0.2) is 25.1 Å². The molecule has 0 aromatic carbocycles. The predicted molar refractivity (Wildman–Crippen MR) is 37.8 cm³/mol. The summed E-state index contributed by atoms with van der Waals surface area (Å²) in [6, 6.07) is 0. The topological polar surface area (TPSA) is 35.5 Å². The van der Waals surface area contributed by atoms with Crippen LogP contribution in [0.3, 0.4) is 0 Å². The molecule has 0 aliphatic carbocycles. The third-order valence-electron chi connectivity index (χ3n) is 1.02. The number of alkyl halides is 4. The standard InChI is InChI=1S/C7H8F4O3/c1-3-13-5(12)4(2)14-7(10,11)6(8)9/h6H,2-3H2,1H3. The lowest BCUT2D eigenvalue weighted by atomic mass is 10.5. The maximum Gasteiger partial charge on any atom is 0.461 e. The molecule has 0 fully saturated rings. The van der Waals surface area contributed by atoms with Gasteiger partial charge in [0.25, 0.3) is 0 Å². The van der Waals surface area contributed by atoms with Gasteiger partial charge in [0.2, 0.25) is 5.76 Å². The van der Waals surface area contributed by atoms with Crippen LogP contribution < -0.4 is 0 Å². The Labute approximate surface area is 77.3 Å². The zero-order chi connectivity index (χ0) is 11.4. The van der Waals surface area contributed by atoms with Crippen LogP contribution in [0.4, 0.5) is 17.6 Å². The number of esters is 1. The van der Waals surface area contributed by atoms with Crippen LogP contribution in [-0.2, 0) is 14.3 Å². The lowest BCUT2D eigenvalue weighted by Crippen LogP contribution is -2.31. The van der Waals surface area contributed by atoms with Crippen molar-refractivity contribution in [1.29, 1.82) is 0 Å². The van der Waals surface area contributed by atoms with Gasteiger partial charge in [-0.1, -0.05) is 0 Å². The van der Waals surface area contributed by atoms with Crippen molar-refractivity contribution in [3.8, 4) is 0 Å². The summed E-state index contributed by atoms with van der Waals surface area (Å²) in [4.78, 5) is 10.6. The molecule has 0 bridgehead atoms. The summed E-state index contributed by atoms with van der Waals surface area (Å²) < 4.78 is 55.0. The van der Waals surface area contributed by atoms with E-state index in [0.717, 1.165) is 0 Å². The maximum absolute atomic E-state index is 12.2. The molecule has 0 saturated heterocycles. The third-order valence-corrected chi connectivity index (χ3v) is 1.02. The minimum atomic E-state index is -4.73. The first-order chi connectivity index (χ1) is 6.31. The second kappa shape index (κ2) is 4.83. The molecule has 0 rings (SSSR count). The first kappa shape index (κ1) is 12.7. The quantitative estimate of drug-likeness (QED) is 0.305. The molecular weight excluding hydrogens is 208 g/mol. The summed E-state index contributed by atoms with van der Waals surface area (Å²) in [5.74, 6) is -2.45. The normalized spacial score (nSPS) is 11.3. The molecule has 0 amide bonds. The largest absolute Gasteiger partial charge is 0.461 e. The summed E-state index contributed by atoms with van der Waals surface area (Å²) in [6.07, 6.45) is -8.77. The van der Waals surface area contributed by atoms with Gasteiger partial charge >= 0.3 is 18.5 Å². The minimum absolute atomic E-state index is 0.0958. The minimum Gasteiger partial charge on any atom is -0.460 e. The van der Waals surface area contributed by atoms with Crippen molar-refractivity contribution in [3.63, 3.8) is 0 Å². The highest BCUT2D eigenvalue weighted by molar-refractivity contribution is 5.85. The number of rotatable bonds is 5. The van der Waals surface area contributed by atoms with Gasteiger partial charge in [-0.2, -0.15) is 17.6 Å². The highest BCUT2D eigenvalue weighted by Crippen LogP contribution is 2.26. The first-order valence-electron chi connectivity index (χ1n) is 3.52. The molecule has 0 radical (unpaired) electrons. The van der Waals surface area contributed by atoms with E-state index in [1.165, 1.54) is 6.92 Å². The Hall–Kier alpha value is -1.27. The van der Waals surface area contributed by atoms with E-state index in [1.54, 1.807) is 0 Å². The van der Waals surface area contributed by atoms with Crippen molar-refractivity contribution in [2.24, 2.45) is 0 Å². The fourth-order valence-electron chi connectivity index (χ4n) is 0.462. The lowest BCUT2D eigenvalue weighted by molar-refractivity contribution is -0.282. The van der Waals surface area contributed by atoms with Crippen molar-refractivity contribution < 1.29 is 31.8 Å². The van der Waals surface area contributed by atoms with Crippen LogP contribution >= 0.6 is 0 Å². The molecule has 82 valence electrons. The molecule has 0 aromatic rings. The second-order valence-electron chi connectivity index (χ2n) is 2.11. The van der Waals surface area contributed by atoms with Gasteiger partial charge in [-0.05, 0) is 13.5 Å². The van der Waals surface area contributed by atoms with Gasteiger partial charge in [-0.3, -0.25) is 0 Å². The highest BCUT2D eigenvalue weighted by Gasteiger charge is 2.45. The Morgan fingerprint density at radius 3 is 2.36 bits per heavy atom. The molecule has 3 nitrogen and oxygen atoms in total. The first-order valence-corrected chi connectivity index (χ1v) is 3.52. The zero-order valence-electron chi connectivity index (χ0n) is 7.23. The molecule has 0 unspecified atom stereocenters. The molecule has 7 heteroatoms. The average Bonchev–Trinajstić information content (AvgIpc) is 2.03. The van der Waals surface area contributed by atoms with Crippen LogP contribution in [0.1, 0.15) is 6.92 Å². The van der Waals surface area contributed by atoms with E-state index in [0.29, 0.717) is 0 Å². The van der Waals surface area contributed by atoms with E-state index in [-0.39, 0.29) is 6.61 Å². The Morgan fingerprint density at radius 1 is 1.50 bits per heavy atom. The van der Waals surface area contributed by atoms with Crippen molar-refractivity contribution in [3.05, 3.63) is 12.3 Å². The summed E-state index contributed by atoms with van der Waals surface area (Å²) in [5, 5.41) is 0. The molecule has 0 aliphatic rings. The average molecular weight is 216 g/mol. The number of carbonyl (C=O) groups is 1. The van der Waals surface area contributed by atoms with E-state index in [1.807, 2.05) is 0 Å². The van der Waals surface area contributed by atoms with Gasteiger partial charge in [-0.25, -0.2) is 4.79 Å². The lowest BCUT2D eigenvalue weighted by Gasteiger charge is -2.16. The number of hydrogen-bond acceptors (Lipinski definition) is 3. The van der Waals surface area contributed by atoms with Crippen molar-refractivity contribution >= 4 is 5.97 Å². The summed E-state index contributed by atoms with van der Waals surface area (Å²) in [6.45, 7) is 4.05. The van der Waals surface area contributed by atoms with Crippen LogP contribution in [0.25, 0.3) is 0 Å². The molecule has 0 spiro atoms. The molecule has 0 aliphatic heterocycles. The van der Waals surface area contributed by atoms with Crippen molar-refractivity contribution in [2.75, 3.05) is 6.61 Å². The monoisotopic (exact) mass is 216 g/mol. The van der Waals surface area contributed by atoms with Gasteiger partial charge in [0, 0.05) is 0 Å². The van der Waals surface area contributed by atoms with Crippen LogP contribution in [0.5, 0.6) is 0 Å². The highest BCUT2D eigenvalue weighted by atomic mass is 19.3. The predicted octanol–water partition coefficient (Wildman–Crippen LogP) is 1.94. The van der Waals surface area contributed by atoms with Crippen LogP contribution in [0.15, 0.2) is 12.3 Å². The van der Waals surface area contributed by atoms with Crippen LogP contribution in [0.2, 0.25) is 0 Å². The smallest absolute Gasteiger partial charge is 0.460 e. The summed E-state index contributed by atoms with van der Waals surface area (Å²) >= 11 is 0. The molecule has 0 heterocycles. The fraction of sp³-hybridized carbons (Fsp3) is 0.571. The van der Waals surface area contributed by atoms with Gasteiger partial charge < -0.3 is 9.47 Å². The van der Waals surface area contributed by atoms with Crippen molar-refractivity contribution in [1.82, 2.24) is 0 Å². The molecule has 0 aromatic heterocycles. The van der Waals surface area contributed by atoms with E-state index in [4.69, 9.17) is 0 Å². The van der Waals surface area contributed by atoms with Gasteiger partial charge in [0.15, 0.2) is 0 Å². The van der Waals surface area contributed by atoms with Gasteiger partial charge in [0.05, 0.1) is 6.61 Å². The molecule has 14 heavy (non-hydrogen) atoms. The zero-order valence-corrected chi connectivity index (χ0v) is 7.23. The third kappa shape index (κ3) is 3.63. The number of hydrogen-bond donors (Lipinski definition) is 0. The van der Waals surface area contributed by atoms with E-state index in [9.17, 15) is 22.4 Å². The second-order valence-corrected chi connectivity index (χ2v) is 2.11. The Bertz CT molecular complexity index is 227. The molecule has 0 saturated carbocycles. The SMILES string of the molecule is C=C(OC(F)(F)C(F)F)C(=O)OCC. The van der Waals surface area contributed by atoms with E-state index < -0.39 is 24.3 Å². The Balaban J connectivity index is 4.25. The maximum atomic E-state index is 12.2. The Morgan fingerprint density at radius 2 is 2.00 bits per heavy atom. The Kier molecular flexibility index (Phi) is 4.39. The molecule has 0 N–H and O–H groups in total. The molecule has 0 atom stereocenters. The fourth-order valence-corrected chi connectivity index (χ4v) is 0.462. The summed E-state index contributed by atoms with van der Waals surface area (Å²) in [5.41, 5.74) is 0. The number of carbonyl (C=O) groups excluding carboxylic acids is 1. The summed E-state index contributed by atoms with van der Waals surface area (Å²) in [7, 11) is 0. The number of ether oxygens (including phenoxy) is 2. The van der Waals surface area contributed by atoms with E-state index >= 15 is 0 Å². The van der Waals surface area contributed by atoms with Gasteiger partial charge in [0.1, 0.15) is 0 Å².